The van der Waals surface area contributed by atoms with Gasteiger partial charge in [0.2, 0.25) is 0 Å². The van der Waals surface area contributed by atoms with E-state index in [0.717, 1.165) is 60.9 Å². The van der Waals surface area contributed by atoms with Crippen LogP contribution in [0.15, 0.2) is 48.2 Å². The molecule has 2 aromatic rings. The molecule has 0 bridgehead atoms. The Morgan fingerprint density at radius 3 is 2.71 bits per heavy atom. The maximum absolute atomic E-state index is 11.4. The van der Waals surface area contributed by atoms with Crippen LogP contribution in [0.5, 0.6) is 11.5 Å². The molecule has 2 atom stereocenters. The highest BCUT2D eigenvalue weighted by atomic mass is 16.3. The van der Waals surface area contributed by atoms with Crippen molar-refractivity contribution in [1.29, 1.82) is 0 Å². The second-order valence-electron chi connectivity index (χ2n) is 8.26. The molecule has 0 saturated carbocycles. The summed E-state index contributed by atoms with van der Waals surface area (Å²) in [5.74, 6) is 0.574. The van der Waals surface area contributed by atoms with Gasteiger partial charge in [-0.05, 0) is 69.2 Å². The van der Waals surface area contributed by atoms with Crippen molar-refractivity contribution in [1.82, 2.24) is 4.98 Å². The molecule has 3 nitrogen and oxygen atoms in total. The number of phenolic OH excluding ortho intramolecular Hbond substituents is 2. The van der Waals surface area contributed by atoms with E-state index in [1.165, 1.54) is 5.57 Å². The van der Waals surface area contributed by atoms with Crippen LogP contribution in [0.25, 0.3) is 11.3 Å². The van der Waals surface area contributed by atoms with Crippen LogP contribution in [-0.4, -0.2) is 15.2 Å². The van der Waals surface area contributed by atoms with Gasteiger partial charge >= 0.3 is 0 Å². The van der Waals surface area contributed by atoms with E-state index in [0.29, 0.717) is 5.56 Å². The van der Waals surface area contributed by atoms with E-state index >= 15 is 0 Å². The molecule has 2 unspecified atom stereocenters. The molecule has 1 aromatic heterocycles. The molecular formula is C25H33NO2. The summed E-state index contributed by atoms with van der Waals surface area (Å²) in [6, 6.07) is 5.80. The van der Waals surface area contributed by atoms with Crippen LogP contribution >= 0.6 is 0 Å². The summed E-state index contributed by atoms with van der Waals surface area (Å²) in [5.41, 5.74) is 5.75. The second-order valence-corrected chi connectivity index (χ2v) is 8.26. The van der Waals surface area contributed by atoms with E-state index < -0.39 is 0 Å². The number of aryl methyl sites for hydroxylation is 1. The van der Waals surface area contributed by atoms with Crippen molar-refractivity contribution in [3.05, 3.63) is 59.3 Å². The lowest BCUT2D eigenvalue weighted by molar-refractivity contribution is 0.407. The van der Waals surface area contributed by atoms with Gasteiger partial charge in [-0.25, -0.2) is 0 Å². The van der Waals surface area contributed by atoms with Crippen LogP contribution in [0, 0.1) is 5.92 Å². The van der Waals surface area contributed by atoms with E-state index in [9.17, 15) is 10.2 Å². The Hall–Kier alpha value is -2.42. The van der Waals surface area contributed by atoms with Crippen molar-refractivity contribution in [2.45, 2.75) is 65.2 Å². The molecule has 1 aliphatic carbocycles. The Kier molecular flexibility index (Phi) is 6.33. The summed E-state index contributed by atoms with van der Waals surface area (Å²) in [6.07, 6.45) is 10.3. The lowest BCUT2D eigenvalue weighted by Crippen LogP contribution is -2.17. The lowest BCUT2D eigenvalue weighted by Gasteiger charge is -2.32. The third-order valence-electron chi connectivity index (χ3n) is 6.03. The fraction of sp³-hybridized carbons (Fsp3) is 0.440. The molecule has 3 heteroatoms. The number of phenols is 2. The highest BCUT2D eigenvalue weighted by Gasteiger charge is 2.32. The minimum atomic E-state index is -0.0512. The molecule has 0 radical (unpaired) electrons. The van der Waals surface area contributed by atoms with Crippen molar-refractivity contribution in [2.24, 2.45) is 5.92 Å². The number of nitrogens with one attached hydrogen (secondary N) is 1. The Morgan fingerprint density at radius 2 is 2.07 bits per heavy atom. The minimum absolute atomic E-state index is 0.0512. The van der Waals surface area contributed by atoms with Crippen LogP contribution in [0.4, 0.5) is 0 Å². The van der Waals surface area contributed by atoms with E-state index in [2.05, 4.69) is 31.5 Å². The fourth-order valence-corrected chi connectivity index (χ4v) is 4.51. The maximum Gasteiger partial charge on any atom is 0.132 e. The van der Waals surface area contributed by atoms with Gasteiger partial charge in [-0.15, -0.1) is 0 Å². The number of rotatable bonds is 7. The van der Waals surface area contributed by atoms with Gasteiger partial charge in [0.05, 0.1) is 0 Å². The number of aromatic amines is 1. The molecular weight excluding hydrogens is 346 g/mol. The Balaban J connectivity index is 2.15. The van der Waals surface area contributed by atoms with Gasteiger partial charge in [-0.1, -0.05) is 43.6 Å². The van der Waals surface area contributed by atoms with Crippen molar-refractivity contribution < 1.29 is 10.2 Å². The average molecular weight is 380 g/mol. The number of aromatic nitrogens is 1. The number of aromatic hydroxyl groups is 2. The zero-order valence-corrected chi connectivity index (χ0v) is 17.4. The number of allylic oxidation sites excluding steroid dienone is 3. The van der Waals surface area contributed by atoms with E-state index in [4.69, 9.17) is 0 Å². The number of unbranched alkanes of at least 4 members (excludes halogenated alkanes) is 2. The van der Waals surface area contributed by atoms with E-state index in [1.54, 1.807) is 0 Å². The average Bonchev–Trinajstić information content (AvgIpc) is 3.15. The molecule has 0 amide bonds. The fourth-order valence-electron chi connectivity index (χ4n) is 4.51. The van der Waals surface area contributed by atoms with Crippen molar-refractivity contribution in [3.63, 3.8) is 0 Å². The highest BCUT2D eigenvalue weighted by molar-refractivity contribution is 5.76. The Bertz CT molecular complexity index is 861. The normalized spacial score (nSPS) is 19.5. The van der Waals surface area contributed by atoms with Gasteiger partial charge in [-0.2, -0.15) is 0 Å². The molecule has 0 spiro atoms. The lowest BCUT2D eigenvalue weighted by atomic mass is 9.73. The highest BCUT2D eigenvalue weighted by Crippen LogP contribution is 2.50. The summed E-state index contributed by atoms with van der Waals surface area (Å²) in [5, 5.41) is 22.3. The van der Waals surface area contributed by atoms with Gasteiger partial charge in [0.1, 0.15) is 11.5 Å². The Labute approximate surface area is 168 Å². The van der Waals surface area contributed by atoms with Crippen LogP contribution in [-0.2, 0) is 6.42 Å². The topological polar surface area (TPSA) is 56.2 Å². The zero-order chi connectivity index (χ0) is 20.3. The quantitative estimate of drug-likeness (QED) is 0.364. The van der Waals surface area contributed by atoms with Crippen LogP contribution < -0.4 is 0 Å². The SMILES string of the molecule is C=C(C)C1CCC(C)=CC1c1c(O)cc(CCCCC)c(-c2ccc[nH]2)c1O. The molecule has 0 saturated heterocycles. The summed E-state index contributed by atoms with van der Waals surface area (Å²) in [6.45, 7) is 10.5. The largest absolute Gasteiger partial charge is 0.507 e. The third kappa shape index (κ3) is 4.04. The minimum Gasteiger partial charge on any atom is -0.507 e. The molecule has 28 heavy (non-hydrogen) atoms. The zero-order valence-electron chi connectivity index (χ0n) is 17.4. The summed E-state index contributed by atoms with van der Waals surface area (Å²) in [7, 11) is 0. The van der Waals surface area contributed by atoms with Crippen LogP contribution in [0.2, 0.25) is 0 Å². The molecule has 0 aliphatic heterocycles. The molecule has 0 fully saturated rings. The van der Waals surface area contributed by atoms with Gasteiger partial charge in [0.15, 0.2) is 0 Å². The van der Waals surface area contributed by atoms with E-state index in [1.807, 2.05) is 31.3 Å². The maximum atomic E-state index is 11.4. The first-order valence-corrected chi connectivity index (χ1v) is 10.5. The first-order valence-electron chi connectivity index (χ1n) is 10.5. The first-order chi connectivity index (χ1) is 13.4. The molecule has 1 aromatic carbocycles. The molecule has 3 N–H and O–H groups in total. The van der Waals surface area contributed by atoms with Gasteiger partial charge in [0.25, 0.3) is 0 Å². The molecule has 150 valence electrons. The van der Waals surface area contributed by atoms with Crippen LogP contribution in [0.1, 0.15) is 69.9 Å². The first kappa shape index (κ1) is 20.3. The predicted molar refractivity (Wildman–Crippen MR) is 117 cm³/mol. The standard InChI is InChI=1S/C25H33NO2/c1-5-6-7-9-18-15-22(27)24(25(28)23(18)21-10-8-13-26-21)20-14-17(4)11-12-19(20)16(2)3/h8,10,13-15,19-20,26-28H,2,5-7,9,11-12H2,1,3-4H3. The van der Waals surface area contributed by atoms with Gasteiger partial charge in [0, 0.05) is 28.9 Å². The van der Waals surface area contributed by atoms with Crippen molar-refractivity contribution in [3.8, 4) is 22.8 Å². The third-order valence-corrected chi connectivity index (χ3v) is 6.03. The monoisotopic (exact) mass is 379 g/mol. The Morgan fingerprint density at radius 1 is 1.29 bits per heavy atom. The smallest absolute Gasteiger partial charge is 0.132 e. The number of hydrogen-bond donors (Lipinski definition) is 3. The number of benzene rings is 1. The number of hydrogen-bond acceptors (Lipinski definition) is 2. The molecule has 1 heterocycles. The summed E-state index contributed by atoms with van der Waals surface area (Å²) in [4.78, 5) is 3.24. The molecule has 1 aliphatic rings. The molecule has 3 rings (SSSR count). The summed E-state index contributed by atoms with van der Waals surface area (Å²) >= 11 is 0. The van der Waals surface area contributed by atoms with Crippen molar-refractivity contribution in [2.75, 3.05) is 0 Å². The van der Waals surface area contributed by atoms with Gasteiger partial charge < -0.3 is 15.2 Å². The number of H-pyrrole nitrogens is 1. The summed E-state index contributed by atoms with van der Waals surface area (Å²) < 4.78 is 0. The van der Waals surface area contributed by atoms with Crippen LogP contribution in [0.3, 0.4) is 0 Å². The van der Waals surface area contributed by atoms with Crippen molar-refractivity contribution >= 4 is 0 Å². The van der Waals surface area contributed by atoms with E-state index in [-0.39, 0.29) is 23.3 Å². The predicted octanol–water partition coefficient (Wildman–Crippen LogP) is 6.84. The van der Waals surface area contributed by atoms with Gasteiger partial charge in [-0.3, -0.25) is 0 Å². The second kappa shape index (κ2) is 8.72.